The summed E-state index contributed by atoms with van der Waals surface area (Å²) in [5, 5.41) is 0. The highest BCUT2D eigenvalue weighted by molar-refractivity contribution is 5.97. The largest absolute Gasteiger partial charge is 0.335 e. The number of carbonyl (C=O) groups is 2. The van der Waals surface area contributed by atoms with Crippen LogP contribution < -0.4 is 0 Å². The van der Waals surface area contributed by atoms with Crippen LogP contribution in [0.15, 0.2) is 18.2 Å². The molecule has 0 spiro atoms. The standard InChI is InChI=1S/C18H23NO2/c1-12-6-3-7-14(13(12)2)18(21)19-11-5-9-16(19)15-8-4-10-17(15)20/h3,6-7,15-16H,4-5,8-11H2,1-2H3. The number of rotatable bonds is 2. The van der Waals surface area contributed by atoms with Gasteiger partial charge in [0.15, 0.2) is 0 Å². The molecule has 3 rings (SSSR count). The highest BCUT2D eigenvalue weighted by atomic mass is 16.2. The molecule has 2 atom stereocenters. The van der Waals surface area contributed by atoms with E-state index in [1.807, 2.05) is 36.9 Å². The molecule has 1 amide bonds. The van der Waals surface area contributed by atoms with Gasteiger partial charge in [0.05, 0.1) is 0 Å². The Hall–Kier alpha value is -1.64. The third-order valence-corrected chi connectivity index (χ3v) is 5.21. The lowest BCUT2D eigenvalue weighted by Gasteiger charge is -2.29. The molecule has 1 aromatic rings. The first-order chi connectivity index (χ1) is 10.1. The van der Waals surface area contributed by atoms with E-state index in [0.717, 1.165) is 48.9 Å². The van der Waals surface area contributed by atoms with Crippen molar-refractivity contribution in [1.29, 1.82) is 0 Å². The topological polar surface area (TPSA) is 37.4 Å². The van der Waals surface area contributed by atoms with Gasteiger partial charge in [-0.3, -0.25) is 9.59 Å². The summed E-state index contributed by atoms with van der Waals surface area (Å²) in [6, 6.07) is 6.03. The Morgan fingerprint density at radius 2 is 2.00 bits per heavy atom. The first-order valence-corrected chi connectivity index (χ1v) is 7.99. The summed E-state index contributed by atoms with van der Waals surface area (Å²) in [6.45, 7) is 4.84. The van der Waals surface area contributed by atoms with E-state index in [4.69, 9.17) is 0 Å². The monoisotopic (exact) mass is 285 g/mol. The van der Waals surface area contributed by atoms with Crippen LogP contribution in [-0.4, -0.2) is 29.2 Å². The molecule has 112 valence electrons. The number of amides is 1. The van der Waals surface area contributed by atoms with Crippen molar-refractivity contribution < 1.29 is 9.59 Å². The maximum Gasteiger partial charge on any atom is 0.254 e. The van der Waals surface area contributed by atoms with Crippen LogP contribution in [0.5, 0.6) is 0 Å². The maximum absolute atomic E-state index is 12.9. The summed E-state index contributed by atoms with van der Waals surface area (Å²) in [6.07, 6.45) is 4.65. The van der Waals surface area contributed by atoms with E-state index in [9.17, 15) is 9.59 Å². The number of Topliss-reactive ketones (excluding diaryl/α,β-unsaturated/α-hetero) is 1. The van der Waals surface area contributed by atoms with Crippen molar-refractivity contribution in [2.45, 2.75) is 52.0 Å². The summed E-state index contributed by atoms with van der Waals surface area (Å²) in [4.78, 5) is 26.9. The molecule has 1 aromatic carbocycles. The molecule has 1 aliphatic heterocycles. The molecule has 21 heavy (non-hydrogen) atoms. The van der Waals surface area contributed by atoms with Crippen molar-refractivity contribution in [3.8, 4) is 0 Å². The summed E-state index contributed by atoms with van der Waals surface area (Å²) in [5.74, 6) is 0.556. The molecule has 3 heteroatoms. The van der Waals surface area contributed by atoms with Gasteiger partial charge in [-0.25, -0.2) is 0 Å². The van der Waals surface area contributed by atoms with Gasteiger partial charge in [-0.05, 0) is 56.7 Å². The quantitative estimate of drug-likeness (QED) is 0.836. The van der Waals surface area contributed by atoms with Crippen LogP contribution in [0.1, 0.15) is 53.6 Å². The highest BCUT2D eigenvalue weighted by Crippen LogP contribution is 2.34. The molecule has 0 bridgehead atoms. The van der Waals surface area contributed by atoms with Crippen LogP contribution in [0, 0.1) is 19.8 Å². The van der Waals surface area contributed by atoms with Crippen LogP contribution in [0.25, 0.3) is 0 Å². The summed E-state index contributed by atoms with van der Waals surface area (Å²) < 4.78 is 0. The van der Waals surface area contributed by atoms with Gasteiger partial charge >= 0.3 is 0 Å². The normalized spacial score (nSPS) is 25.6. The molecule has 1 saturated heterocycles. The number of hydrogen-bond donors (Lipinski definition) is 0. The number of likely N-dealkylation sites (tertiary alicyclic amines) is 1. The molecule has 2 aliphatic rings. The van der Waals surface area contributed by atoms with Crippen molar-refractivity contribution in [3.05, 3.63) is 34.9 Å². The molecule has 0 aromatic heterocycles. The van der Waals surface area contributed by atoms with E-state index in [2.05, 4.69) is 0 Å². The van der Waals surface area contributed by atoms with E-state index >= 15 is 0 Å². The zero-order valence-corrected chi connectivity index (χ0v) is 12.9. The second kappa shape index (κ2) is 5.63. The maximum atomic E-state index is 12.9. The van der Waals surface area contributed by atoms with E-state index in [1.54, 1.807) is 0 Å². The lowest BCUT2D eigenvalue weighted by Crippen LogP contribution is -2.41. The number of nitrogens with zero attached hydrogens (tertiary/aromatic N) is 1. The Morgan fingerprint density at radius 3 is 2.71 bits per heavy atom. The van der Waals surface area contributed by atoms with E-state index in [-0.39, 0.29) is 17.9 Å². The van der Waals surface area contributed by atoms with Gasteiger partial charge in [0, 0.05) is 30.5 Å². The third kappa shape index (κ3) is 2.50. The number of ketones is 1. The predicted octanol–water partition coefficient (Wildman–Crippen LogP) is 3.28. The third-order valence-electron chi connectivity index (χ3n) is 5.21. The van der Waals surface area contributed by atoms with Crippen molar-refractivity contribution in [1.82, 2.24) is 4.90 Å². The van der Waals surface area contributed by atoms with Crippen LogP contribution in [0.2, 0.25) is 0 Å². The molecular formula is C18H23NO2. The molecular weight excluding hydrogens is 262 g/mol. The Morgan fingerprint density at radius 1 is 1.19 bits per heavy atom. The minimum atomic E-state index is 0.0848. The van der Waals surface area contributed by atoms with Gasteiger partial charge in [0.1, 0.15) is 5.78 Å². The smallest absolute Gasteiger partial charge is 0.254 e. The number of benzene rings is 1. The van der Waals surface area contributed by atoms with E-state index < -0.39 is 0 Å². The fraction of sp³-hybridized carbons (Fsp3) is 0.556. The minimum Gasteiger partial charge on any atom is -0.335 e. The molecule has 0 N–H and O–H groups in total. The first-order valence-electron chi connectivity index (χ1n) is 7.99. The molecule has 2 fully saturated rings. The van der Waals surface area contributed by atoms with Crippen LogP contribution >= 0.6 is 0 Å². The van der Waals surface area contributed by atoms with Gasteiger partial charge in [-0.2, -0.15) is 0 Å². The average Bonchev–Trinajstić information content (AvgIpc) is 3.09. The molecule has 1 saturated carbocycles. The predicted molar refractivity (Wildman–Crippen MR) is 82.3 cm³/mol. The average molecular weight is 285 g/mol. The van der Waals surface area contributed by atoms with E-state index in [0.29, 0.717) is 12.2 Å². The van der Waals surface area contributed by atoms with Gasteiger partial charge in [-0.1, -0.05) is 12.1 Å². The minimum absolute atomic E-state index is 0.0848. The second-order valence-electron chi connectivity index (χ2n) is 6.42. The molecule has 3 nitrogen and oxygen atoms in total. The molecule has 0 radical (unpaired) electrons. The second-order valence-corrected chi connectivity index (χ2v) is 6.42. The van der Waals surface area contributed by atoms with Crippen molar-refractivity contribution in [3.63, 3.8) is 0 Å². The Balaban J connectivity index is 1.86. The van der Waals surface area contributed by atoms with Crippen LogP contribution in [-0.2, 0) is 4.79 Å². The Bertz CT molecular complexity index is 579. The van der Waals surface area contributed by atoms with Crippen LogP contribution in [0.3, 0.4) is 0 Å². The molecule has 1 heterocycles. The summed E-state index contributed by atoms with van der Waals surface area (Å²) in [5.41, 5.74) is 3.01. The highest BCUT2D eigenvalue weighted by Gasteiger charge is 2.40. The van der Waals surface area contributed by atoms with Gasteiger partial charge in [0.25, 0.3) is 5.91 Å². The van der Waals surface area contributed by atoms with Gasteiger partial charge in [0.2, 0.25) is 0 Å². The SMILES string of the molecule is Cc1cccc(C(=O)N2CCCC2C2CCCC2=O)c1C. The van der Waals surface area contributed by atoms with Gasteiger partial charge in [-0.15, -0.1) is 0 Å². The zero-order chi connectivity index (χ0) is 15.0. The number of carbonyl (C=O) groups excluding carboxylic acids is 2. The van der Waals surface area contributed by atoms with E-state index in [1.165, 1.54) is 0 Å². The first kappa shape index (κ1) is 14.3. The molecule has 2 unspecified atom stereocenters. The Kier molecular flexibility index (Phi) is 3.83. The summed E-state index contributed by atoms with van der Waals surface area (Å²) >= 11 is 0. The fourth-order valence-electron chi connectivity index (χ4n) is 3.85. The van der Waals surface area contributed by atoms with Gasteiger partial charge < -0.3 is 4.90 Å². The lowest BCUT2D eigenvalue weighted by molar-refractivity contribution is -0.121. The number of aryl methyl sites for hydroxylation is 1. The number of hydrogen-bond acceptors (Lipinski definition) is 2. The van der Waals surface area contributed by atoms with Crippen molar-refractivity contribution in [2.24, 2.45) is 5.92 Å². The van der Waals surface area contributed by atoms with Crippen LogP contribution in [0.4, 0.5) is 0 Å². The van der Waals surface area contributed by atoms with Crippen molar-refractivity contribution >= 4 is 11.7 Å². The van der Waals surface area contributed by atoms with Crippen molar-refractivity contribution in [2.75, 3.05) is 6.54 Å². The molecule has 1 aliphatic carbocycles. The zero-order valence-electron chi connectivity index (χ0n) is 12.9. The summed E-state index contributed by atoms with van der Waals surface area (Å²) in [7, 11) is 0. The lowest BCUT2D eigenvalue weighted by atomic mass is 9.94. The fourth-order valence-corrected chi connectivity index (χ4v) is 3.85. The Labute approximate surface area is 126 Å².